The van der Waals surface area contributed by atoms with Crippen LogP contribution in [0.4, 0.5) is 5.00 Å². The van der Waals surface area contributed by atoms with Crippen LogP contribution in [0.3, 0.4) is 0 Å². The van der Waals surface area contributed by atoms with Crippen LogP contribution in [0, 0.1) is 0 Å². The van der Waals surface area contributed by atoms with Gasteiger partial charge in [-0.1, -0.05) is 51.3 Å². The molecule has 24 heavy (non-hydrogen) atoms. The summed E-state index contributed by atoms with van der Waals surface area (Å²) in [6, 6.07) is 7.67. The molecular formula is C19H25NO3S. The van der Waals surface area contributed by atoms with E-state index in [0.29, 0.717) is 23.6 Å². The van der Waals surface area contributed by atoms with Crippen molar-refractivity contribution in [1.82, 2.24) is 0 Å². The molecule has 4 nitrogen and oxygen atoms in total. The van der Waals surface area contributed by atoms with Crippen molar-refractivity contribution in [2.24, 2.45) is 0 Å². The first kappa shape index (κ1) is 18.5. The SMILES string of the molecule is CCCCCC(=O)Nc1sc2ccccc2c1C(=O)OCCCC. The van der Waals surface area contributed by atoms with E-state index < -0.39 is 0 Å². The van der Waals surface area contributed by atoms with Gasteiger partial charge in [0.2, 0.25) is 5.91 Å². The second-order valence-electron chi connectivity index (χ2n) is 5.80. The summed E-state index contributed by atoms with van der Waals surface area (Å²) >= 11 is 1.43. The number of thiophene rings is 1. The van der Waals surface area contributed by atoms with Crippen LogP contribution in [0.1, 0.15) is 62.7 Å². The molecule has 0 unspecified atom stereocenters. The highest BCUT2D eigenvalue weighted by Gasteiger charge is 2.21. The number of carbonyl (C=O) groups is 2. The van der Waals surface area contributed by atoms with Crippen LogP contribution in [-0.2, 0) is 9.53 Å². The lowest BCUT2D eigenvalue weighted by atomic mass is 10.1. The minimum Gasteiger partial charge on any atom is -0.462 e. The number of unbranched alkanes of at least 4 members (excludes halogenated alkanes) is 3. The van der Waals surface area contributed by atoms with Crippen molar-refractivity contribution in [3.05, 3.63) is 29.8 Å². The van der Waals surface area contributed by atoms with Crippen LogP contribution in [0.2, 0.25) is 0 Å². The first-order valence-electron chi connectivity index (χ1n) is 8.65. The largest absolute Gasteiger partial charge is 0.462 e. The molecule has 0 spiro atoms. The number of nitrogens with one attached hydrogen (secondary N) is 1. The van der Waals surface area contributed by atoms with Gasteiger partial charge in [0.25, 0.3) is 0 Å². The second-order valence-corrected chi connectivity index (χ2v) is 6.85. The van der Waals surface area contributed by atoms with Crippen molar-refractivity contribution < 1.29 is 14.3 Å². The molecule has 0 saturated carbocycles. The summed E-state index contributed by atoms with van der Waals surface area (Å²) in [4.78, 5) is 24.6. The number of hydrogen-bond donors (Lipinski definition) is 1. The Morgan fingerprint density at radius 1 is 1.08 bits per heavy atom. The van der Waals surface area contributed by atoms with Crippen LogP contribution in [0.5, 0.6) is 0 Å². The molecule has 1 heterocycles. The Kier molecular flexibility index (Phi) is 7.25. The minimum absolute atomic E-state index is 0.0439. The molecule has 2 rings (SSSR count). The fraction of sp³-hybridized carbons (Fsp3) is 0.474. The van der Waals surface area contributed by atoms with Gasteiger partial charge in [-0.15, -0.1) is 11.3 Å². The lowest BCUT2D eigenvalue weighted by Gasteiger charge is -2.07. The summed E-state index contributed by atoms with van der Waals surface area (Å²) in [5, 5.41) is 4.35. The summed E-state index contributed by atoms with van der Waals surface area (Å²) in [5.41, 5.74) is 0.482. The standard InChI is InChI=1S/C19H25NO3S/c1-3-5-7-12-16(21)20-18-17(19(22)23-13-6-4-2)14-10-8-9-11-15(14)24-18/h8-11H,3-7,12-13H2,1-2H3,(H,20,21). The van der Waals surface area contributed by atoms with Gasteiger partial charge in [0.1, 0.15) is 10.6 Å². The Morgan fingerprint density at radius 3 is 2.58 bits per heavy atom. The maximum Gasteiger partial charge on any atom is 0.341 e. The maximum atomic E-state index is 12.5. The molecule has 1 amide bonds. The Morgan fingerprint density at radius 2 is 1.83 bits per heavy atom. The molecule has 2 aromatic rings. The fourth-order valence-corrected chi connectivity index (χ4v) is 3.55. The summed E-state index contributed by atoms with van der Waals surface area (Å²) < 4.78 is 6.35. The third kappa shape index (κ3) is 4.81. The number of amides is 1. The normalized spacial score (nSPS) is 10.8. The zero-order chi connectivity index (χ0) is 17.4. The zero-order valence-corrected chi connectivity index (χ0v) is 15.2. The number of fused-ring (bicyclic) bond motifs is 1. The topological polar surface area (TPSA) is 55.4 Å². The number of anilines is 1. The van der Waals surface area contributed by atoms with E-state index in [4.69, 9.17) is 4.74 Å². The maximum absolute atomic E-state index is 12.5. The van der Waals surface area contributed by atoms with E-state index in [1.807, 2.05) is 24.3 Å². The molecule has 1 N–H and O–H groups in total. The predicted molar refractivity (Wildman–Crippen MR) is 99.8 cm³/mol. The first-order valence-corrected chi connectivity index (χ1v) is 9.47. The number of esters is 1. The molecule has 1 aromatic heterocycles. The Bertz CT molecular complexity index is 693. The zero-order valence-electron chi connectivity index (χ0n) is 14.4. The molecule has 0 aliphatic rings. The van der Waals surface area contributed by atoms with Crippen molar-refractivity contribution in [1.29, 1.82) is 0 Å². The van der Waals surface area contributed by atoms with Gasteiger partial charge in [-0.25, -0.2) is 4.79 Å². The molecule has 1 aromatic carbocycles. The van der Waals surface area contributed by atoms with Gasteiger partial charge in [0, 0.05) is 16.5 Å². The molecule has 0 aliphatic heterocycles. The van der Waals surface area contributed by atoms with E-state index in [9.17, 15) is 9.59 Å². The molecule has 0 aliphatic carbocycles. The first-order chi connectivity index (χ1) is 11.7. The van der Waals surface area contributed by atoms with E-state index in [1.54, 1.807) is 0 Å². The third-order valence-corrected chi connectivity index (χ3v) is 4.88. The van der Waals surface area contributed by atoms with Gasteiger partial charge < -0.3 is 10.1 Å². The van der Waals surface area contributed by atoms with Gasteiger partial charge >= 0.3 is 5.97 Å². The van der Waals surface area contributed by atoms with Gasteiger partial charge in [0.15, 0.2) is 0 Å². The average Bonchev–Trinajstić information content (AvgIpc) is 2.93. The van der Waals surface area contributed by atoms with Gasteiger partial charge in [-0.2, -0.15) is 0 Å². The molecule has 0 fully saturated rings. The van der Waals surface area contributed by atoms with E-state index >= 15 is 0 Å². The monoisotopic (exact) mass is 347 g/mol. The van der Waals surface area contributed by atoms with Crippen molar-refractivity contribution in [2.75, 3.05) is 11.9 Å². The van der Waals surface area contributed by atoms with Gasteiger partial charge in [-0.3, -0.25) is 4.79 Å². The number of hydrogen-bond acceptors (Lipinski definition) is 4. The molecule has 0 bridgehead atoms. The summed E-state index contributed by atoms with van der Waals surface area (Å²) in [6.45, 7) is 4.56. The highest BCUT2D eigenvalue weighted by molar-refractivity contribution is 7.23. The molecule has 0 saturated heterocycles. The number of carbonyl (C=O) groups excluding carboxylic acids is 2. The number of rotatable bonds is 9. The minimum atomic E-state index is -0.357. The third-order valence-electron chi connectivity index (χ3n) is 3.79. The molecule has 0 radical (unpaired) electrons. The van der Waals surface area contributed by atoms with E-state index in [2.05, 4.69) is 19.2 Å². The van der Waals surface area contributed by atoms with Crippen molar-refractivity contribution in [3.63, 3.8) is 0 Å². The van der Waals surface area contributed by atoms with E-state index in [-0.39, 0.29) is 11.9 Å². The number of ether oxygens (including phenoxy) is 1. The van der Waals surface area contributed by atoms with Crippen LogP contribution in [0.25, 0.3) is 10.1 Å². The van der Waals surface area contributed by atoms with Crippen LogP contribution in [0.15, 0.2) is 24.3 Å². The summed E-state index contributed by atoms with van der Waals surface area (Å²) in [7, 11) is 0. The van der Waals surface area contributed by atoms with E-state index in [1.165, 1.54) is 11.3 Å². The summed E-state index contributed by atoms with van der Waals surface area (Å²) in [6.07, 6.45) is 5.26. The smallest absolute Gasteiger partial charge is 0.341 e. The van der Waals surface area contributed by atoms with Crippen LogP contribution < -0.4 is 5.32 Å². The van der Waals surface area contributed by atoms with Gasteiger partial charge in [0.05, 0.1) is 6.61 Å². The van der Waals surface area contributed by atoms with Crippen LogP contribution >= 0.6 is 11.3 Å². The lowest BCUT2D eigenvalue weighted by Crippen LogP contribution is -2.14. The lowest BCUT2D eigenvalue weighted by molar-refractivity contribution is -0.116. The molecular weight excluding hydrogens is 322 g/mol. The molecule has 130 valence electrons. The van der Waals surface area contributed by atoms with Crippen molar-refractivity contribution >= 4 is 38.3 Å². The van der Waals surface area contributed by atoms with Gasteiger partial charge in [-0.05, 0) is 18.9 Å². The van der Waals surface area contributed by atoms with Crippen LogP contribution in [-0.4, -0.2) is 18.5 Å². The quantitative estimate of drug-likeness (QED) is 0.489. The Balaban J connectivity index is 2.20. The highest BCUT2D eigenvalue weighted by Crippen LogP contribution is 2.36. The fourth-order valence-electron chi connectivity index (χ4n) is 2.44. The van der Waals surface area contributed by atoms with Crippen molar-refractivity contribution in [3.8, 4) is 0 Å². The average molecular weight is 347 g/mol. The van der Waals surface area contributed by atoms with E-state index in [0.717, 1.165) is 42.2 Å². The predicted octanol–water partition coefficient (Wildman–Crippen LogP) is 5.38. The number of benzene rings is 1. The Hall–Kier alpha value is -1.88. The Labute approximate surface area is 147 Å². The molecule has 0 atom stereocenters. The molecule has 5 heteroatoms. The summed E-state index contributed by atoms with van der Waals surface area (Å²) in [5.74, 6) is -0.401. The second kappa shape index (κ2) is 9.42. The van der Waals surface area contributed by atoms with Crippen molar-refractivity contribution in [2.45, 2.75) is 52.4 Å². The highest BCUT2D eigenvalue weighted by atomic mass is 32.1.